The molecule has 0 aromatic heterocycles. The molecule has 4 nitrogen and oxygen atoms in total. The monoisotopic (exact) mass is 291 g/mol. The minimum absolute atomic E-state index is 0.103. The van der Waals surface area contributed by atoms with Gasteiger partial charge < -0.3 is 15.2 Å². The lowest BCUT2D eigenvalue weighted by atomic mass is 9.80. The van der Waals surface area contributed by atoms with Crippen molar-refractivity contribution in [1.29, 1.82) is 0 Å². The Morgan fingerprint density at radius 2 is 2.14 bits per heavy atom. The Bertz CT molecular complexity index is 523. The number of nitrogens with one attached hydrogen (secondary N) is 1. The molecule has 0 fully saturated rings. The lowest BCUT2D eigenvalue weighted by molar-refractivity contribution is 0.0138. The highest BCUT2D eigenvalue weighted by Gasteiger charge is 2.30. The van der Waals surface area contributed by atoms with Crippen molar-refractivity contribution in [2.45, 2.75) is 40.2 Å². The smallest absolute Gasteiger partial charge is 0.251 e. The topological polar surface area (TPSA) is 58.6 Å². The van der Waals surface area contributed by atoms with Crippen LogP contribution in [0.1, 0.15) is 43.6 Å². The Hall–Kier alpha value is -1.55. The van der Waals surface area contributed by atoms with E-state index in [1.54, 1.807) is 6.07 Å². The molecule has 1 aliphatic rings. The van der Waals surface area contributed by atoms with E-state index < -0.39 is 6.10 Å². The van der Waals surface area contributed by atoms with Crippen molar-refractivity contribution in [1.82, 2.24) is 5.32 Å². The molecule has 0 saturated carbocycles. The van der Waals surface area contributed by atoms with Gasteiger partial charge in [-0.05, 0) is 29.7 Å². The molecular formula is C17H25NO3. The molecule has 0 spiro atoms. The van der Waals surface area contributed by atoms with E-state index in [-0.39, 0.29) is 17.2 Å². The molecule has 1 heterocycles. The number of carbonyl (C=O) groups is 1. The molecule has 1 aromatic carbocycles. The number of aliphatic hydroxyl groups excluding tert-OH is 1. The van der Waals surface area contributed by atoms with Crippen molar-refractivity contribution in [2.24, 2.45) is 11.3 Å². The Kier molecular flexibility index (Phi) is 4.57. The van der Waals surface area contributed by atoms with E-state index in [4.69, 9.17) is 4.74 Å². The predicted octanol–water partition coefficient (Wildman–Crippen LogP) is 2.39. The van der Waals surface area contributed by atoms with Crippen molar-refractivity contribution in [3.8, 4) is 5.75 Å². The molecule has 21 heavy (non-hydrogen) atoms. The first-order chi connectivity index (χ1) is 9.81. The van der Waals surface area contributed by atoms with Gasteiger partial charge in [0, 0.05) is 23.9 Å². The Morgan fingerprint density at radius 3 is 2.81 bits per heavy atom. The van der Waals surface area contributed by atoms with Crippen LogP contribution in [0.4, 0.5) is 0 Å². The lowest BCUT2D eigenvalue weighted by Gasteiger charge is -2.33. The van der Waals surface area contributed by atoms with Crippen LogP contribution in [-0.2, 0) is 6.42 Å². The van der Waals surface area contributed by atoms with E-state index in [1.807, 2.05) is 39.8 Å². The number of carbonyl (C=O) groups excluding carboxylic acids is 1. The van der Waals surface area contributed by atoms with Crippen molar-refractivity contribution in [3.63, 3.8) is 0 Å². The maximum absolute atomic E-state index is 12.3. The van der Waals surface area contributed by atoms with Crippen LogP contribution in [0.25, 0.3) is 0 Å². The summed E-state index contributed by atoms with van der Waals surface area (Å²) < 4.78 is 5.44. The van der Waals surface area contributed by atoms with Gasteiger partial charge in [-0.15, -0.1) is 0 Å². The second-order valence-corrected chi connectivity index (χ2v) is 6.78. The zero-order chi connectivity index (χ0) is 15.6. The largest absolute Gasteiger partial charge is 0.493 e. The molecule has 1 aromatic rings. The number of rotatable bonds is 5. The summed E-state index contributed by atoms with van der Waals surface area (Å²) in [5.41, 5.74) is 1.38. The standard InChI is InChI=1S/C17H25NO3/c1-11(2)15(19)17(3,4)10-18-16(20)13-5-6-14-12(9-13)7-8-21-14/h5-6,9,11,15,19H,7-8,10H2,1-4H3,(H,18,20). The molecule has 0 bridgehead atoms. The first kappa shape index (κ1) is 15.8. The molecule has 1 amide bonds. The van der Waals surface area contributed by atoms with Crippen molar-refractivity contribution in [2.75, 3.05) is 13.2 Å². The number of hydrogen-bond acceptors (Lipinski definition) is 3. The molecule has 1 atom stereocenters. The van der Waals surface area contributed by atoms with Crippen molar-refractivity contribution >= 4 is 5.91 Å². The van der Waals surface area contributed by atoms with Gasteiger partial charge in [-0.3, -0.25) is 4.79 Å². The quantitative estimate of drug-likeness (QED) is 0.876. The highest BCUT2D eigenvalue weighted by Crippen LogP contribution is 2.27. The predicted molar refractivity (Wildman–Crippen MR) is 82.6 cm³/mol. The number of aliphatic hydroxyl groups is 1. The summed E-state index contributed by atoms with van der Waals surface area (Å²) in [5.74, 6) is 0.935. The van der Waals surface area contributed by atoms with E-state index in [9.17, 15) is 9.90 Å². The zero-order valence-corrected chi connectivity index (χ0v) is 13.3. The number of ether oxygens (including phenoxy) is 1. The van der Waals surface area contributed by atoms with Gasteiger partial charge in [-0.1, -0.05) is 27.7 Å². The summed E-state index contributed by atoms with van der Waals surface area (Å²) in [5, 5.41) is 13.1. The fraction of sp³-hybridized carbons (Fsp3) is 0.588. The molecule has 0 aliphatic carbocycles. The van der Waals surface area contributed by atoms with Gasteiger partial charge in [-0.25, -0.2) is 0 Å². The summed E-state index contributed by atoms with van der Waals surface area (Å²) in [6.45, 7) is 9.03. The van der Waals surface area contributed by atoms with E-state index in [0.717, 1.165) is 17.7 Å². The number of fused-ring (bicyclic) bond motifs is 1. The van der Waals surface area contributed by atoms with Gasteiger partial charge in [0.25, 0.3) is 5.91 Å². The fourth-order valence-corrected chi connectivity index (χ4v) is 2.74. The van der Waals surface area contributed by atoms with E-state index >= 15 is 0 Å². The summed E-state index contributed by atoms with van der Waals surface area (Å²) >= 11 is 0. The summed E-state index contributed by atoms with van der Waals surface area (Å²) in [6.07, 6.45) is 0.403. The molecule has 2 rings (SSSR count). The minimum Gasteiger partial charge on any atom is -0.493 e. The third-order valence-corrected chi connectivity index (χ3v) is 4.09. The van der Waals surface area contributed by atoms with Crippen LogP contribution < -0.4 is 10.1 Å². The Labute approximate surface area is 126 Å². The second-order valence-electron chi connectivity index (χ2n) is 6.78. The van der Waals surface area contributed by atoms with Crippen molar-refractivity contribution < 1.29 is 14.6 Å². The third kappa shape index (κ3) is 3.56. The van der Waals surface area contributed by atoms with Crippen LogP contribution >= 0.6 is 0 Å². The molecule has 116 valence electrons. The number of hydrogen-bond donors (Lipinski definition) is 2. The van der Waals surface area contributed by atoms with Gasteiger partial charge in [0.1, 0.15) is 5.75 Å². The summed E-state index contributed by atoms with van der Waals surface area (Å²) in [4.78, 5) is 12.3. The van der Waals surface area contributed by atoms with E-state index in [2.05, 4.69) is 5.32 Å². The minimum atomic E-state index is -0.453. The van der Waals surface area contributed by atoms with Crippen LogP contribution in [0, 0.1) is 11.3 Å². The lowest BCUT2D eigenvalue weighted by Crippen LogP contribution is -2.43. The second kappa shape index (κ2) is 6.06. The molecule has 0 saturated heterocycles. The number of benzene rings is 1. The van der Waals surface area contributed by atoms with Gasteiger partial charge in [0.05, 0.1) is 12.7 Å². The molecule has 4 heteroatoms. The Balaban J connectivity index is 1.99. The molecule has 1 unspecified atom stereocenters. The SMILES string of the molecule is CC(C)C(O)C(C)(C)CNC(=O)c1ccc2c(c1)CCO2. The van der Waals surface area contributed by atoms with Crippen LogP contribution in [0.3, 0.4) is 0 Å². The van der Waals surface area contributed by atoms with Gasteiger partial charge in [0.15, 0.2) is 0 Å². The molecular weight excluding hydrogens is 266 g/mol. The van der Waals surface area contributed by atoms with E-state index in [1.165, 1.54) is 0 Å². The van der Waals surface area contributed by atoms with Crippen molar-refractivity contribution in [3.05, 3.63) is 29.3 Å². The van der Waals surface area contributed by atoms with E-state index in [0.29, 0.717) is 18.7 Å². The van der Waals surface area contributed by atoms with Crippen LogP contribution in [0.15, 0.2) is 18.2 Å². The first-order valence-corrected chi connectivity index (χ1v) is 7.53. The Morgan fingerprint density at radius 1 is 1.43 bits per heavy atom. The molecule has 1 aliphatic heterocycles. The molecule has 2 N–H and O–H groups in total. The number of amides is 1. The van der Waals surface area contributed by atoms with Gasteiger partial charge >= 0.3 is 0 Å². The molecule has 0 radical (unpaired) electrons. The normalized spacial score (nSPS) is 15.5. The van der Waals surface area contributed by atoms with Gasteiger partial charge in [0.2, 0.25) is 0 Å². The van der Waals surface area contributed by atoms with Gasteiger partial charge in [-0.2, -0.15) is 0 Å². The van der Waals surface area contributed by atoms with Crippen LogP contribution in [-0.4, -0.2) is 30.3 Å². The third-order valence-electron chi connectivity index (χ3n) is 4.09. The highest BCUT2D eigenvalue weighted by molar-refractivity contribution is 5.94. The maximum Gasteiger partial charge on any atom is 0.251 e. The highest BCUT2D eigenvalue weighted by atomic mass is 16.5. The summed E-state index contributed by atoms with van der Waals surface area (Å²) in [6, 6.07) is 5.53. The first-order valence-electron chi connectivity index (χ1n) is 7.53. The zero-order valence-electron chi connectivity index (χ0n) is 13.3. The fourth-order valence-electron chi connectivity index (χ4n) is 2.74. The summed E-state index contributed by atoms with van der Waals surface area (Å²) in [7, 11) is 0. The average molecular weight is 291 g/mol. The maximum atomic E-state index is 12.3. The average Bonchev–Trinajstić information content (AvgIpc) is 2.91. The van der Waals surface area contributed by atoms with Crippen LogP contribution in [0.5, 0.6) is 5.75 Å². The van der Waals surface area contributed by atoms with Crippen LogP contribution in [0.2, 0.25) is 0 Å².